The summed E-state index contributed by atoms with van der Waals surface area (Å²) >= 11 is 3.56. The highest BCUT2D eigenvalue weighted by molar-refractivity contribution is 9.09. The van der Waals surface area contributed by atoms with Gasteiger partial charge in [0.05, 0.1) is 11.7 Å². The zero-order chi connectivity index (χ0) is 14.9. The molecule has 1 fully saturated rings. The van der Waals surface area contributed by atoms with Crippen LogP contribution in [-0.4, -0.2) is 35.0 Å². The first-order chi connectivity index (χ1) is 9.30. The van der Waals surface area contributed by atoms with Crippen LogP contribution >= 0.6 is 15.9 Å². The third-order valence-corrected chi connectivity index (χ3v) is 4.67. The lowest BCUT2D eigenvalue weighted by atomic mass is 9.98. The molecule has 0 radical (unpaired) electrons. The van der Waals surface area contributed by atoms with Crippen LogP contribution in [0.3, 0.4) is 0 Å². The highest BCUT2D eigenvalue weighted by Crippen LogP contribution is 2.25. The van der Waals surface area contributed by atoms with Gasteiger partial charge in [0.25, 0.3) is 0 Å². The van der Waals surface area contributed by atoms with E-state index in [1.165, 1.54) is 22.3 Å². The Kier molecular flexibility index (Phi) is 4.93. The average molecular weight is 340 g/mol. The molecule has 0 N–H and O–H groups in total. The van der Waals surface area contributed by atoms with Crippen LogP contribution in [-0.2, 0) is 11.3 Å². The Labute approximate surface area is 131 Å². The molecule has 1 atom stereocenters. The number of nitrogens with zero attached hydrogens (tertiary/aromatic N) is 1. The van der Waals surface area contributed by atoms with Gasteiger partial charge in [-0.25, -0.2) is 0 Å². The number of hydrogen-bond acceptors (Lipinski definition) is 2. The van der Waals surface area contributed by atoms with Crippen molar-refractivity contribution >= 4 is 15.9 Å². The number of hydrogen-bond donors (Lipinski definition) is 0. The Morgan fingerprint density at radius 3 is 2.40 bits per heavy atom. The summed E-state index contributed by atoms with van der Waals surface area (Å²) in [6, 6.07) is 4.58. The highest BCUT2D eigenvalue weighted by Gasteiger charge is 2.33. The van der Waals surface area contributed by atoms with Crippen molar-refractivity contribution in [3.8, 4) is 0 Å². The predicted octanol–water partition coefficient (Wildman–Crippen LogP) is 3.99. The van der Waals surface area contributed by atoms with Gasteiger partial charge in [0.1, 0.15) is 0 Å². The van der Waals surface area contributed by atoms with Gasteiger partial charge in [-0.3, -0.25) is 4.90 Å². The molecule has 1 unspecified atom stereocenters. The highest BCUT2D eigenvalue weighted by atomic mass is 79.9. The smallest absolute Gasteiger partial charge is 0.0806 e. The number of morpholine rings is 1. The van der Waals surface area contributed by atoms with Gasteiger partial charge in [-0.05, 0) is 51.3 Å². The maximum Gasteiger partial charge on any atom is 0.0806 e. The molecule has 1 saturated heterocycles. The lowest BCUT2D eigenvalue weighted by Crippen LogP contribution is -2.52. The van der Waals surface area contributed by atoms with E-state index in [4.69, 9.17) is 4.74 Å². The number of halogens is 1. The molecule has 20 heavy (non-hydrogen) atoms. The van der Waals surface area contributed by atoms with Crippen molar-refractivity contribution in [2.45, 2.75) is 52.9 Å². The fraction of sp³-hybridized carbons (Fsp3) is 0.647. The van der Waals surface area contributed by atoms with Crippen molar-refractivity contribution in [3.63, 3.8) is 0 Å². The maximum absolute atomic E-state index is 6.08. The van der Waals surface area contributed by atoms with Crippen molar-refractivity contribution in [1.29, 1.82) is 0 Å². The third kappa shape index (κ3) is 3.84. The van der Waals surface area contributed by atoms with Crippen molar-refractivity contribution in [2.75, 3.05) is 18.4 Å². The molecular weight excluding hydrogens is 314 g/mol. The molecule has 1 heterocycles. The second-order valence-corrected chi connectivity index (χ2v) is 7.35. The number of alkyl halides is 1. The maximum atomic E-state index is 6.08. The van der Waals surface area contributed by atoms with E-state index in [1.807, 2.05) is 0 Å². The van der Waals surface area contributed by atoms with Crippen LogP contribution in [0.25, 0.3) is 0 Å². The number of aryl methyl sites for hydroxylation is 3. The lowest BCUT2D eigenvalue weighted by Gasteiger charge is -2.42. The monoisotopic (exact) mass is 339 g/mol. The van der Waals surface area contributed by atoms with Crippen molar-refractivity contribution < 1.29 is 4.74 Å². The fourth-order valence-corrected chi connectivity index (χ4v) is 3.64. The first kappa shape index (κ1) is 16.0. The van der Waals surface area contributed by atoms with Gasteiger partial charge < -0.3 is 4.74 Å². The normalized spacial score (nSPS) is 23.0. The zero-order valence-electron chi connectivity index (χ0n) is 13.3. The van der Waals surface area contributed by atoms with E-state index in [1.54, 1.807) is 0 Å². The second kappa shape index (κ2) is 6.17. The van der Waals surface area contributed by atoms with Gasteiger partial charge in [0.15, 0.2) is 0 Å². The van der Waals surface area contributed by atoms with Gasteiger partial charge >= 0.3 is 0 Å². The molecule has 0 saturated carbocycles. The van der Waals surface area contributed by atoms with Crippen LogP contribution in [0.5, 0.6) is 0 Å². The zero-order valence-corrected chi connectivity index (χ0v) is 14.9. The van der Waals surface area contributed by atoms with E-state index in [0.717, 1.165) is 25.0 Å². The van der Waals surface area contributed by atoms with Gasteiger partial charge in [-0.1, -0.05) is 33.6 Å². The summed E-state index contributed by atoms with van der Waals surface area (Å²) in [6.45, 7) is 14.0. The molecule has 1 aliphatic rings. The number of rotatable bonds is 3. The summed E-state index contributed by atoms with van der Waals surface area (Å²) in [5, 5.41) is 0.902. The molecular formula is C17H26BrNO. The molecule has 0 amide bonds. The Morgan fingerprint density at radius 1 is 1.25 bits per heavy atom. The predicted molar refractivity (Wildman–Crippen MR) is 88.7 cm³/mol. The molecule has 0 bridgehead atoms. The van der Waals surface area contributed by atoms with E-state index >= 15 is 0 Å². The minimum atomic E-state index is -0.0663. The van der Waals surface area contributed by atoms with E-state index in [0.29, 0.717) is 0 Å². The number of benzene rings is 1. The number of ether oxygens (including phenoxy) is 1. The van der Waals surface area contributed by atoms with Crippen LogP contribution in [0.4, 0.5) is 0 Å². The molecule has 2 nitrogen and oxygen atoms in total. The molecule has 1 aliphatic heterocycles. The standard InChI is InChI=1S/C17H26BrNO/c1-12-6-13(2)16(14(3)7-12)10-19-9-15(8-18)20-17(4,5)11-19/h6-7,15H,8-11H2,1-5H3. The largest absolute Gasteiger partial charge is 0.369 e. The molecule has 0 aliphatic carbocycles. The molecule has 1 aromatic rings. The molecule has 0 aromatic heterocycles. The Bertz CT molecular complexity index is 461. The van der Waals surface area contributed by atoms with E-state index in [9.17, 15) is 0 Å². The summed E-state index contributed by atoms with van der Waals surface area (Å²) in [5.74, 6) is 0. The second-order valence-electron chi connectivity index (χ2n) is 6.70. The Balaban J connectivity index is 2.17. The van der Waals surface area contributed by atoms with Crippen LogP contribution in [0.1, 0.15) is 36.1 Å². The van der Waals surface area contributed by atoms with Gasteiger partial charge in [-0.2, -0.15) is 0 Å². The molecule has 2 rings (SSSR count). The van der Waals surface area contributed by atoms with Gasteiger partial charge in [0.2, 0.25) is 0 Å². The van der Waals surface area contributed by atoms with Crippen LogP contribution in [0.2, 0.25) is 0 Å². The van der Waals surface area contributed by atoms with Crippen LogP contribution in [0.15, 0.2) is 12.1 Å². The van der Waals surface area contributed by atoms with E-state index < -0.39 is 0 Å². The average Bonchev–Trinajstić information content (AvgIpc) is 2.31. The van der Waals surface area contributed by atoms with Crippen LogP contribution in [0, 0.1) is 20.8 Å². The molecule has 0 spiro atoms. The van der Waals surface area contributed by atoms with Crippen molar-refractivity contribution in [3.05, 3.63) is 34.4 Å². The summed E-state index contributed by atoms with van der Waals surface area (Å²) < 4.78 is 6.08. The lowest BCUT2D eigenvalue weighted by molar-refractivity contribution is -0.128. The minimum absolute atomic E-state index is 0.0663. The summed E-state index contributed by atoms with van der Waals surface area (Å²) in [6.07, 6.45) is 0.282. The van der Waals surface area contributed by atoms with Crippen LogP contribution < -0.4 is 0 Å². The van der Waals surface area contributed by atoms with E-state index in [2.05, 4.69) is 67.6 Å². The van der Waals surface area contributed by atoms with E-state index in [-0.39, 0.29) is 11.7 Å². The summed E-state index contributed by atoms with van der Waals surface area (Å²) in [4.78, 5) is 2.53. The SMILES string of the molecule is Cc1cc(C)c(CN2CC(CBr)OC(C)(C)C2)c(C)c1. The Morgan fingerprint density at radius 2 is 1.85 bits per heavy atom. The topological polar surface area (TPSA) is 12.5 Å². The third-order valence-electron chi connectivity index (χ3n) is 3.95. The van der Waals surface area contributed by atoms with Gasteiger partial charge in [0, 0.05) is 25.0 Å². The Hall–Kier alpha value is -0.380. The molecule has 3 heteroatoms. The minimum Gasteiger partial charge on any atom is -0.369 e. The fourth-order valence-electron chi connectivity index (χ4n) is 3.30. The summed E-state index contributed by atoms with van der Waals surface area (Å²) in [7, 11) is 0. The van der Waals surface area contributed by atoms with Crippen molar-refractivity contribution in [2.24, 2.45) is 0 Å². The van der Waals surface area contributed by atoms with Crippen molar-refractivity contribution in [1.82, 2.24) is 4.90 Å². The molecule has 1 aromatic carbocycles. The summed E-state index contributed by atoms with van der Waals surface area (Å²) in [5.41, 5.74) is 5.57. The van der Waals surface area contributed by atoms with Gasteiger partial charge in [-0.15, -0.1) is 0 Å². The quantitative estimate of drug-likeness (QED) is 0.772. The first-order valence-electron chi connectivity index (χ1n) is 7.33. The first-order valence-corrected chi connectivity index (χ1v) is 8.46. The molecule has 112 valence electrons.